The van der Waals surface area contributed by atoms with Crippen LogP contribution < -0.4 is 5.32 Å². The summed E-state index contributed by atoms with van der Waals surface area (Å²) in [6, 6.07) is -0.366. The highest BCUT2D eigenvalue weighted by atomic mass is 19.4. The average molecular weight is 223 g/mol. The van der Waals surface area contributed by atoms with E-state index >= 15 is 0 Å². The molecule has 1 unspecified atom stereocenters. The molecule has 0 aromatic heterocycles. The van der Waals surface area contributed by atoms with E-state index in [2.05, 4.69) is 5.32 Å². The van der Waals surface area contributed by atoms with Crippen LogP contribution in [0.5, 0.6) is 0 Å². The van der Waals surface area contributed by atoms with E-state index in [1.54, 1.807) is 0 Å². The van der Waals surface area contributed by atoms with Gasteiger partial charge in [0, 0.05) is 6.04 Å². The van der Waals surface area contributed by atoms with Gasteiger partial charge in [0.25, 0.3) is 0 Å². The molecule has 1 N–H and O–H groups in total. The molecule has 0 saturated heterocycles. The molecule has 0 aromatic carbocycles. The third-order valence-electron chi connectivity index (χ3n) is 3.00. The molecule has 1 aliphatic carbocycles. The standard InChI is InChI=1S/C11H20F3N/c1-2-6-15-10(8-11(12,13)14)7-9-4-3-5-9/h9-10,15H,2-8H2,1H3. The molecular formula is C11H20F3N. The zero-order valence-electron chi connectivity index (χ0n) is 9.24. The molecule has 0 radical (unpaired) electrons. The van der Waals surface area contributed by atoms with E-state index in [4.69, 9.17) is 0 Å². The van der Waals surface area contributed by atoms with Gasteiger partial charge < -0.3 is 5.32 Å². The van der Waals surface area contributed by atoms with Crippen molar-refractivity contribution in [1.82, 2.24) is 5.32 Å². The van der Waals surface area contributed by atoms with Crippen LogP contribution in [0.4, 0.5) is 13.2 Å². The lowest BCUT2D eigenvalue weighted by molar-refractivity contribution is -0.141. The van der Waals surface area contributed by atoms with E-state index < -0.39 is 12.6 Å². The van der Waals surface area contributed by atoms with E-state index in [0.717, 1.165) is 19.3 Å². The minimum Gasteiger partial charge on any atom is -0.314 e. The van der Waals surface area contributed by atoms with E-state index in [1.165, 1.54) is 6.42 Å². The molecule has 0 heterocycles. The van der Waals surface area contributed by atoms with Crippen molar-refractivity contribution in [2.24, 2.45) is 5.92 Å². The van der Waals surface area contributed by atoms with E-state index in [1.807, 2.05) is 6.92 Å². The van der Waals surface area contributed by atoms with Gasteiger partial charge in [0.15, 0.2) is 0 Å². The molecule has 1 saturated carbocycles. The number of alkyl halides is 3. The topological polar surface area (TPSA) is 12.0 Å². The second-order valence-electron chi connectivity index (χ2n) is 4.50. The van der Waals surface area contributed by atoms with Crippen LogP contribution in [-0.2, 0) is 0 Å². The maximum atomic E-state index is 12.3. The summed E-state index contributed by atoms with van der Waals surface area (Å²) >= 11 is 0. The second kappa shape index (κ2) is 5.73. The highest BCUT2D eigenvalue weighted by molar-refractivity contribution is 4.79. The Morgan fingerprint density at radius 2 is 2.00 bits per heavy atom. The van der Waals surface area contributed by atoms with Gasteiger partial charge in [-0.15, -0.1) is 0 Å². The van der Waals surface area contributed by atoms with Gasteiger partial charge in [-0.3, -0.25) is 0 Å². The first-order valence-electron chi connectivity index (χ1n) is 5.81. The monoisotopic (exact) mass is 223 g/mol. The first kappa shape index (κ1) is 12.8. The number of hydrogen-bond donors (Lipinski definition) is 1. The Bertz CT molecular complexity index is 175. The molecule has 0 aromatic rings. The molecule has 90 valence electrons. The van der Waals surface area contributed by atoms with Crippen molar-refractivity contribution in [2.75, 3.05) is 6.54 Å². The minimum atomic E-state index is -4.03. The Kier molecular flexibility index (Phi) is 4.90. The van der Waals surface area contributed by atoms with Crippen LogP contribution in [0.15, 0.2) is 0 Å². The Morgan fingerprint density at radius 3 is 2.40 bits per heavy atom. The van der Waals surface area contributed by atoms with Crippen molar-refractivity contribution >= 4 is 0 Å². The normalized spacial score (nSPS) is 20.0. The van der Waals surface area contributed by atoms with Crippen molar-refractivity contribution in [2.45, 2.75) is 57.7 Å². The van der Waals surface area contributed by atoms with Gasteiger partial charge in [0.2, 0.25) is 0 Å². The maximum absolute atomic E-state index is 12.3. The predicted molar refractivity (Wildman–Crippen MR) is 54.7 cm³/mol. The third-order valence-corrected chi connectivity index (χ3v) is 3.00. The summed E-state index contributed by atoms with van der Waals surface area (Å²) in [6.45, 7) is 2.66. The van der Waals surface area contributed by atoms with Gasteiger partial charge in [-0.05, 0) is 25.3 Å². The van der Waals surface area contributed by atoms with Gasteiger partial charge in [0.05, 0.1) is 6.42 Å². The molecule has 15 heavy (non-hydrogen) atoms. The minimum absolute atomic E-state index is 0.366. The van der Waals surface area contributed by atoms with Crippen molar-refractivity contribution in [3.63, 3.8) is 0 Å². The molecule has 4 heteroatoms. The molecule has 0 amide bonds. The van der Waals surface area contributed by atoms with E-state index in [-0.39, 0.29) is 6.04 Å². The fourth-order valence-corrected chi connectivity index (χ4v) is 2.00. The summed E-state index contributed by atoms with van der Waals surface area (Å²) < 4.78 is 36.8. The summed E-state index contributed by atoms with van der Waals surface area (Å²) in [7, 11) is 0. The van der Waals surface area contributed by atoms with Gasteiger partial charge in [0.1, 0.15) is 0 Å². The van der Waals surface area contributed by atoms with Crippen LogP contribution >= 0.6 is 0 Å². The Labute approximate surface area is 89.4 Å². The lowest BCUT2D eigenvalue weighted by atomic mass is 9.80. The van der Waals surface area contributed by atoms with E-state index in [9.17, 15) is 13.2 Å². The van der Waals surface area contributed by atoms with Crippen molar-refractivity contribution < 1.29 is 13.2 Å². The van der Waals surface area contributed by atoms with Crippen LogP contribution in [0.3, 0.4) is 0 Å². The molecular weight excluding hydrogens is 203 g/mol. The Hall–Kier alpha value is -0.250. The summed E-state index contributed by atoms with van der Waals surface area (Å²) in [4.78, 5) is 0. The molecule has 0 aliphatic heterocycles. The first-order chi connectivity index (χ1) is 7.01. The molecule has 1 fully saturated rings. The number of hydrogen-bond acceptors (Lipinski definition) is 1. The third kappa shape index (κ3) is 5.40. The van der Waals surface area contributed by atoms with Gasteiger partial charge in [-0.2, -0.15) is 13.2 Å². The molecule has 1 aliphatic rings. The summed E-state index contributed by atoms with van der Waals surface area (Å²) in [6.07, 6.45) is 0.290. The van der Waals surface area contributed by atoms with E-state index in [0.29, 0.717) is 18.9 Å². The Balaban J connectivity index is 2.30. The summed E-state index contributed by atoms with van der Waals surface area (Å²) in [5.74, 6) is 0.529. The summed E-state index contributed by atoms with van der Waals surface area (Å²) in [5, 5.41) is 3.01. The van der Waals surface area contributed by atoms with Crippen molar-refractivity contribution in [1.29, 1.82) is 0 Å². The zero-order valence-corrected chi connectivity index (χ0v) is 9.24. The molecule has 1 atom stereocenters. The van der Waals surface area contributed by atoms with Gasteiger partial charge in [-0.1, -0.05) is 26.2 Å². The van der Waals surface area contributed by atoms with Crippen LogP contribution in [0.1, 0.15) is 45.4 Å². The quantitative estimate of drug-likeness (QED) is 0.726. The highest BCUT2D eigenvalue weighted by Gasteiger charge is 2.33. The lowest BCUT2D eigenvalue weighted by Gasteiger charge is -2.30. The smallest absolute Gasteiger partial charge is 0.314 e. The SMILES string of the molecule is CCCNC(CC1CCC1)CC(F)(F)F. The number of nitrogens with one attached hydrogen (secondary N) is 1. The molecule has 0 spiro atoms. The molecule has 1 nitrogen and oxygen atoms in total. The highest BCUT2D eigenvalue weighted by Crippen LogP contribution is 2.33. The van der Waals surface area contributed by atoms with Crippen molar-refractivity contribution in [3.8, 4) is 0 Å². The van der Waals surface area contributed by atoms with Crippen LogP contribution in [0, 0.1) is 5.92 Å². The van der Waals surface area contributed by atoms with Crippen LogP contribution in [-0.4, -0.2) is 18.8 Å². The number of halogens is 3. The van der Waals surface area contributed by atoms with Crippen LogP contribution in [0.25, 0.3) is 0 Å². The number of rotatable bonds is 6. The zero-order chi connectivity index (χ0) is 11.3. The van der Waals surface area contributed by atoms with Crippen LogP contribution in [0.2, 0.25) is 0 Å². The average Bonchev–Trinajstić information content (AvgIpc) is 2.04. The van der Waals surface area contributed by atoms with Crippen molar-refractivity contribution in [3.05, 3.63) is 0 Å². The maximum Gasteiger partial charge on any atom is 0.390 e. The van der Waals surface area contributed by atoms with Gasteiger partial charge >= 0.3 is 6.18 Å². The fraction of sp³-hybridized carbons (Fsp3) is 1.00. The Morgan fingerprint density at radius 1 is 1.33 bits per heavy atom. The largest absolute Gasteiger partial charge is 0.390 e. The predicted octanol–water partition coefficient (Wildman–Crippen LogP) is 3.50. The first-order valence-corrected chi connectivity index (χ1v) is 5.81. The fourth-order valence-electron chi connectivity index (χ4n) is 2.00. The molecule has 1 rings (SSSR count). The summed E-state index contributed by atoms with van der Waals surface area (Å²) in [5.41, 5.74) is 0. The molecule has 0 bridgehead atoms. The lowest BCUT2D eigenvalue weighted by Crippen LogP contribution is -2.37. The second-order valence-corrected chi connectivity index (χ2v) is 4.50. The van der Waals surface area contributed by atoms with Gasteiger partial charge in [-0.25, -0.2) is 0 Å².